The largest absolute Gasteiger partial charge is 0.492 e. The zero-order valence-electron chi connectivity index (χ0n) is 11.2. The summed E-state index contributed by atoms with van der Waals surface area (Å²) >= 11 is 0. The Morgan fingerprint density at radius 1 is 1.29 bits per heavy atom. The summed E-state index contributed by atoms with van der Waals surface area (Å²) < 4.78 is 5.72. The Kier molecular flexibility index (Phi) is 4.97. The van der Waals surface area contributed by atoms with E-state index in [4.69, 9.17) is 4.74 Å². The minimum Gasteiger partial charge on any atom is -0.492 e. The summed E-state index contributed by atoms with van der Waals surface area (Å²) in [5, 5.41) is 9.24. The zero-order valence-corrected chi connectivity index (χ0v) is 11.2. The van der Waals surface area contributed by atoms with E-state index in [9.17, 15) is 5.11 Å². The highest BCUT2D eigenvalue weighted by Gasteiger charge is 2.21. The Bertz CT molecular complexity index is 350. The highest BCUT2D eigenvalue weighted by Crippen LogP contribution is 2.16. The van der Waals surface area contributed by atoms with Crippen LogP contribution in [0.15, 0.2) is 24.3 Å². The minimum atomic E-state index is -0.199. The second-order valence-corrected chi connectivity index (χ2v) is 5.01. The van der Waals surface area contributed by atoms with Crippen molar-refractivity contribution < 1.29 is 9.84 Å². The van der Waals surface area contributed by atoms with Gasteiger partial charge in [0.2, 0.25) is 0 Å². The zero-order chi connectivity index (χ0) is 12.9. The van der Waals surface area contributed by atoms with Crippen molar-refractivity contribution in [2.75, 3.05) is 26.8 Å². The highest BCUT2D eigenvalue weighted by molar-refractivity contribution is 5.31. The molecule has 1 aromatic rings. The smallest absolute Gasteiger partial charge is 0.122 e. The first-order chi connectivity index (χ1) is 7.97. The molecule has 0 spiro atoms. The molecule has 0 aliphatic heterocycles. The number of para-hydroxylation sites is 1. The van der Waals surface area contributed by atoms with Gasteiger partial charge in [0.05, 0.1) is 6.61 Å². The number of hydrogen-bond acceptors (Lipinski definition) is 3. The van der Waals surface area contributed by atoms with Crippen molar-refractivity contribution in [1.29, 1.82) is 0 Å². The molecule has 0 atom stereocenters. The second-order valence-electron chi connectivity index (χ2n) is 5.01. The Balaban J connectivity index is 2.41. The molecule has 1 aromatic carbocycles. The van der Waals surface area contributed by atoms with Crippen molar-refractivity contribution in [3.05, 3.63) is 29.8 Å². The molecule has 3 heteroatoms. The van der Waals surface area contributed by atoms with E-state index in [0.29, 0.717) is 6.61 Å². The van der Waals surface area contributed by atoms with Gasteiger partial charge in [0.25, 0.3) is 0 Å². The number of aryl methyl sites for hydroxylation is 1. The Morgan fingerprint density at radius 2 is 1.94 bits per heavy atom. The van der Waals surface area contributed by atoms with Crippen LogP contribution in [-0.4, -0.2) is 42.4 Å². The van der Waals surface area contributed by atoms with Crippen LogP contribution >= 0.6 is 0 Å². The normalized spacial score (nSPS) is 11.9. The van der Waals surface area contributed by atoms with E-state index in [1.807, 2.05) is 52.1 Å². The third-order valence-electron chi connectivity index (χ3n) is 3.20. The average molecular weight is 237 g/mol. The summed E-state index contributed by atoms with van der Waals surface area (Å²) in [5.41, 5.74) is 0.950. The molecule has 0 unspecified atom stereocenters. The first-order valence-electron chi connectivity index (χ1n) is 5.98. The molecule has 0 heterocycles. The molecule has 0 aliphatic rings. The van der Waals surface area contributed by atoms with Crippen molar-refractivity contribution in [3.63, 3.8) is 0 Å². The SMILES string of the molecule is Cc1ccccc1OCCN(C)C(C)(C)CO. The number of hydrogen-bond donors (Lipinski definition) is 1. The van der Waals surface area contributed by atoms with Gasteiger partial charge in [-0.3, -0.25) is 4.90 Å². The average Bonchev–Trinajstić information content (AvgIpc) is 2.31. The fourth-order valence-electron chi connectivity index (χ4n) is 1.43. The Labute approximate surface area is 104 Å². The molecule has 17 heavy (non-hydrogen) atoms. The predicted octanol–water partition coefficient (Wildman–Crippen LogP) is 2.08. The van der Waals surface area contributed by atoms with Crippen LogP contribution in [0.3, 0.4) is 0 Å². The number of benzene rings is 1. The molecule has 3 nitrogen and oxygen atoms in total. The van der Waals surface area contributed by atoms with Crippen molar-refractivity contribution in [1.82, 2.24) is 4.90 Å². The van der Waals surface area contributed by atoms with E-state index in [2.05, 4.69) is 4.90 Å². The van der Waals surface area contributed by atoms with Gasteiger partial charge >= 0.3 is 0 Å². The quantitative estimate of drug-likeness (QED) is 0.822. The lowest BCUT2D eigenvalue weighted by Gasteiger charge is -2.33. The number of rotatable bonds is 6. The van der Waals surface area contributed by atoms with Crippen LogP contribution in [0.25, 0.3) is 0 Å². The van der Waals surface area contributed by atoms with Crippen molar-refractivity contribution >= 4 is 0 Å². The van der Waals surface area contributed by atoms with Gasteiger partial charge in [-0.1, -0.05) is 18.2 Å². The Morgan fingerprint density at radius 3 is 2.53 bits per heavy atom. The van der Waals surface area contributed by atoms with Crippen LogP contribution in [0.1, 0.15) is 19.4 Å². The van der Waals surface area contributed by atoms with Crippen LogP contribution in [0.4, 0.5) is 0 Å². The maximum Gasteiger partial charge on any atom is 0.122 e. The number of ether oxygens (including phenoxy) is 1. The van der Waals surface area contributed by atoms with E-state index in [-0.39, 0.29) is 12.1 Å². The third-order valence-corrected chi connectivity index (χ3v) is 3.20. The number of aliphatic hydroxyl groups is 1. The fourth-order valence-corrected chi connectivity index (χ4v) is 1.43. The molecule has 0 saturated heterocycles. The van der Waals surface area contributed by atoms with Crippen LogP contribution in [0.2, 0.25) is 0 Å². The standard InChI is InChI=1S/C14H23NO2/c1-12-7-5-6-8-13(12)17-10-9-15(4)14(2,3)11-16/h5-8,16H,9-11H2,1-4H3. The van der Waals surface area contributed by atoms with Crippen molar-refractivity contribution in [2.45, 2.75) is 26.3 Å². The number of nitrogens with zero attached hydrogens (tertiary/aromatic N) is 1. The summed E-state index contributed by atoms with van der Waals surface area (Å²) in [5.74, 6) is 0.933. The molecule has 0 fully saturated rings. The lowest BCUT2D eigenvalue weighted by Crippen LogP contribution is -2.45. The molecule has 0 saturated carbocycles. The monoisotopic (exact) mass is 237 g/mol. The van der Waals surface area contributed by atoms with Gasteiger partial charge in [-0.25, -0.2) is 0 Å². The van der Waals surface area contributed by atoms with Gasteiger partial charge in [-0.05, 0) is 39.4 Å². The second kappa shape index (κ2) is 6.03. The highest BCUT2D eigenvalue weighted by atomic mass is 16.5. The van der Waals surface area contributed by atoms with Gasteiger partial charge in [0.15, 0.2) is 0 Å². The van der Waals surface area contributed by atoms with Crippen molar-refractivity contribution in [2.24, 2.45) is 0 Å². The molecule has 0 radical (unpaired) electrons. The first-order valence-corrected chi connectivity index (χ1v) is 5.98. The summed E-state index contributed by atoms with van der Waals surface area (Å²) in [4.78, 5) is 2.10. The predicted molar refractivity (Wildman–Crippen MR) is 70.5 cm³/mol. The molecule has 0 aliphatic carbocycles. The molecule has 0 amide bonds. The topological polar surface area (TPSA) is 32.7 Å². The van der Waals surface area contributed by atoms with Gasteiger partial charge in [0.1, 0.15) is 12.4 Å². The van der Waals surface area contributed by atoms with Gasteiger partial charge in [-0.2, -0.15) is 0 Å². The van der Waals surface area contributed by atoms with E-state index in [1.165, 1.54) is 0 Å². The summed E-state index contributed by atoms with van der Waals surface area (Å²) in [6.07, 6.45) is 0. The Hall–Kier alpha value is -1.06. The van der Waals surface area contributed by atoms with Gasteiger partial charge < -0.3 is 9.84 Å². The molecular formula is C14H23NO2. The minimum absolute atomic E-state index is 0.147. The molecule has 0 bridgehead atoms. The van der Waals surface area contributed by atoms with E-state index < -0.39 is 0 Å². The molecule has 1 rings (SSSR count). The van der Waals surface area contributed by atoms with Crippen molar-refractivity contribution in [3.8, 4) is 5.75 Å². The van der Waals surface area contributed by atoms with Crippen LogP contribution in [-0.2, 0) is 0 Å². The molecular weight excluding hydrogens is 214 g/mol. The molecule has 0 aromatic heterocycles. The van der Waals surface area contributed by atoms with Crippen LogP contribution in [0.5, 0.6) is 5.75 Å². The van der Waals surface area contributed by atoms with Gasteiger partial charge in [0, 0.05) is 12.1 Å². The summed E-state index contributed by atoms with van der Waals surface area (Å²) in [6, 6.07) is 8.00. The van der Waals surface area contributed by atoms with E-state index in [1.54, 1.807) is 0 Å². The first kappa shape index (κ1) is 14.0. The molecule has 96 valence electrons. The summed E-state index contributed by atoms with van der Waals surface area (Å²) in [7, 11) is 2.00. The number of likely N-dealkylation sites (N-methyl/N-ethyl adjacent to an activating group) is 1. The molecule has 1 N–H and O–H groups in total. The lowest BCUT2D eigenvalue weighted by atomic mass is 10.1. The van der Waals surface area contributed by atoms with Crippen LogP contribution in [0, 0.1) is 6.92 Å². The maximum absolute atomic E-state index is 9.24. The van der Waals surface area contributed by atoms with Gasteiger partial charge in [-0.15, -0.1) is 0 Å². The lowest BCUT2D eigenvalue weighted by molar-refractivity contribution is 0.0678. The number of aliphatic hydroxyl groups excluding tert-OH is 1. The summed E-state index contributed by atoms with van der Waals surface area (Å²) in [6.45, 7) is 7.64. The van der Waals surface area contributed by atoms with Crippen LogP contribution < -0.4 is 4.74 Å². The van der Waals surface area contributed by atoms with E-state index in [0.717, 1.165) is 17.9 Å². The third kappa shape index (κ3) is 4.02. The maximum atomic E-state index is 9.24. The fraction of sp³-hybridized carbons (Fsp3) is 0.571. The van der Waals surface area contributed by atoms with E-state index >= 15 is 0 Å².